The fourth-order valence-corrected chi connectivity index (χ4v) is 0.582. The number of quaternary nitrogens is 1. The molecule has 0 fully saturated rings. The lowest BCUT2D eigenvalue weighted by Gasteiger charge is -2.33. The molecule has 0 rings (SSSR count). The van der Waals surface area contributed by atoms with Gasteiger partial charge >= 0.3 is 0 Å². The lowest BCUT2D eigenvalue weighted by atomic mass is 10.4. The fraction of sp³-hybridized carbons (Fsp3) is 1.00. The molecule has 0 saturated heterocycles. The minimum atomic E-state index is 0.299. The highest BCUT2D eigenvalue weighted by Gasteiger charge is 1.97. The van der Waals surface area contributed by atoms with E-state index < -0.39 is 0 Å². The number of nitrogens with zero attached hydrogens (tertiary/aromatic N) is 1. The SMILES string of the molecule is CC(C)[N-][NH+](C)C(C)S. The highest BCUT2D eigenvalue weighted by molar-refractivity contribution is 7.80. The van der Waals surface area contributed by atoms with Gasteiger partial charge in [0.25, 0.3) is 0 Å². The Labute approximate surface area is 63.0 Å². The van der Waals surface area contributed by atoms with E-state index in [0.29, 0.717) is 11.4 Å². The standard InChI is InChI=1S/C6H16N2S/c1-5(2)7-8(4)6(3)9/h5-6,8-9H,1-4H3. The molecular formula is C6H16N2S. The first-order valence-electron chi connectivity index (χ1n) is 3.26. The first-order valence-corrected chi connectivity index (χ1v) is 3.78. The molecule has 9 heavy (non-hydrogen) atoms. The minimum Gasteiger partial charge on any atom is -0.451 e. The van der Waals surface area contributed by atoms with Crippen LogP contribution < -0.4 is 5.01 Å². The zero-order valence-corrected chi connectivity index (χ0v) is 7.44. The van der Waals surface area contributed by atoms with Crippen LogP contribution in [-0.2, 0) is 0 Å². The van der Waals surface area contributed by atoms with Crippen LogP contribution in [0.15, 0.2) is 0 Å². The molecule has 0 aliphatic rings. The maximum absolute atomic E-state index is 4.32. The van der Waals surface area contributed by atoms with E-state index in [9.17, 15) is 0 Å². The molecule has 2 nitrogen and oxygen atoms in total. The van der Waals surface area contributed by atoms with E-state index in [2.05, 4.69) is 31.9 Å². The third kappa shape index (κ3) is 4.75. The Morgan fingerprint density at radius 2 is 1.78 bits per heavy atom. The van der Waals surface area contributed by atoms with Gasteiger partial charge in [-0.3, -0.25) is 0 Å². The van der Waals surface area contributed by atoms with Gasteiger partial charge in [-0.05, 0) is 6.92 Å². The highest BCUT2D eigenvalue weighted by Crippen LogP contribution is 1.89. The smallest absolute Gasteiger partial charge is 0.119 e. The summed E-state index contributed by atoms with van der Waals surface area (Å²) >= 11 is 4.24. The molecule has 0 aliphatic carbocycles. The molecule has 0 amide bonds. The molecule has 0 aromatic carbocycles. The van der Waals surface area contributed by atoms with Crippen molar-refractivity contribution in [2.45, 2.75) is 32.2 Å². The van der Waals surface area contributed by atoms with Crippen molar-refractivity contribution in [3.05, 3.63) is 5.43 Å². The van der Waals surface area contributed by atoms with Crippen LogP contribution in [0.3, 0.4) is 0 Å². The van der Waals surface area contributed by atoms with E-state index in [1.807, 2.05) is 14.0 Å². The molecule has 56 valence electrons. The molecule has 0 aromatic heterocycles. The maximum Gasteiger partial charge on any atom is 0.119 e. The Bertz CT molecular complexity index is 73.5. The number of thiol groups is 1. The van der Waals surface area contributed by atoms with Crippen molar-refractivity contribution in [3.63, 3.8) is 0 Å². The predicted octanol–water partition coefficient (Wildman–Crippen LogP) is 0.474. The third-order valence-corrected chi connectivity index (χ3v) is 1.44. The topological polar surface area (TPSA) is 18.5 Å². The van der Waals surface area contributed by atoms with Gasteiger partial charge in [-0.25, -0.2) is 0 Å². The van der Waals surface area contributed by atoms with Crippen LogP contribution in [0.5, 0.6) is 0 Å². The van der Waals surface area contributed by atoms with Crippen molar-refractivity contribution < 1.29 is 5.01 Å². The number of rotatable bonds is 3. The van der Waals surface area contributed by atoms with Crippen LogP contribution in [0.4, 0.5) is 0 Å². The van der Waals surface area contributed by atoms with Gasteiger partial charge in [0, 0.05) is 0 Å². The molecule has 2 unspecified atom stereocenters. The van der Waals surface area contributed by atoms with E-state index in [-0.39, 0.29) is 0 Å². The van der Waals surface area contributed by atoms with Gasteiger partial charge in [0.2, 0.25) is 0 Å². The van der Waals surface area contributed by atoms with Gasteiger partial charge in [-0.15, -0.1) is 18.7 Å². The summed E-state index contributed by atoms with van der Waals surface area (Å²) < 4.78 is 0. The van der Waals surface area contributed by atoms with Crippen LogP contribution >= 0.6 is 12.6 Å². The van der Waals surface area contributed by atoms with E-state index >= 15 is 0 Å². The molecular weight excluding hydrogens is 132 g/mol. The number of hydrogen-bond acceptors (Lipinski definition) is 1. The number of nitrogens with one attached hydrogen (secondary N) is 1. The zero-order valence-electron chi connectivity index (χ0n) is 6.55. The summed E-state index contributed by atoms with van der Waals surface area (Å²) in [4.78, 5) is 0. The van der Waals surface area contributed by atoms with Gasteiger partial charge in [0.15, 0.2) is 0 Å². The van der Waals surface area contributed by atoms with E-state index in [1.54, 1.807) is 0 Å². The van der Waals surface area contributed by atoms with Gasteiger partial charge < -0.3 is 10.4 Å². The summed E-state index contributed by atoms with van der Waals surface area (Å²) in [5.74, 6) is 0. The first-order chi connectivity index (χ1) is 4.04. The maximum atomic E-state index is 4.32. The second-order valence-corrected chi connectivity index (χ2v) is 3.31. The first kappa shape index (κ1) is 9.27. The average molecular weight is 148 g/mol. The fourth-order valence-electron chi connectivity index (χ4n) is 0.515. The lowest BCUT2D eigenvalue weighted by Crippen LogP contribution is -3.08. The van der Waals surface area contributed by atoms with E-state index in [1.165, 1.54) is 0 Å². The van der Waals surface area contributed by atoms with Gasteiger partial charge in [0.1, 0.15) is 5.37 Å². The Kier molecular flexibility index (Phi) is 4.27. The van der Waals surface area contributed by atoms with Gasteiger partial charge in [-0.2, -0.15) is 0 Å². The second kappa shape index (κ2) is 4.14. The molecule has 0 aromatic rings. The zero-order chi connectivity index (χ0) is 7.44. The Morgan fingerprint density at radius 3 is 1.89 bits per heavy atom. The predicted molar refractivity (Wildman–Crippen MR) is 43.8 cm³/mol. The van der Waals surface area contributed by atoms with E-state index in [0.717, 1.165) is 5.01 Å². The summed E-state index contributed by atoms with van der Waals surface area (Å²) in [5, 5.41) is 1.42. The molecule has 3 heteroatoms. The largest absolute Gasteiger partial charge is 0.451 e. The van der Waals surface area contributed by atoms with Gasteiger partial charge in [-0.1, -0.05) is 13.8 Å². The molecule has 0 bridgehead atoms. The minimum absolute atomic E-state index is 0.299. The van der Waals surface area contributed by atoms with Crippen LogP contribution in [-0.4, -0.2) is 18.5 Å². The molecule has 0 radical (unpaired) electrons. The number of hydrogen-bond donors (Lipinski definition) is 2. The van der Waals surface area contributed by atoms with Crippen molar-refractivity contribution in [1.82, 2.24) is 0 Å². The summed E-state index contributed by atoms with van der Waals surface area (Å²) in [6, 6.07) is 0.402. The molecule has 0 saturated carbocycles. The highest BCUT2D eigenvalue weighted by atomic mass is 32.1. The summed E-state index contributed by atoms with van der Waals surface area (Å²) in [7, 11) is 2.01. The summed E-state index contributed by atoms with van der Waals surface area (Å²) in [6.45, 7) is 6.17. The van der Waals surface area contributed by atoms with Crippen LogP contribution in [0.25, 0.3) is 5.43 Å². The van der Waals surface area contributed by atoms with Gasteiger partial charge in [0.05, 0.1) is 7.05 Å². The van der Waals surface area contributed by atoms with Crippen molar-refractivity contribution in [3.8, 4) is 0 Å². The quantitative estimate of drug-likeness (QED) is 0.329. The van der Waals surface area contributed by atoms with Crippen LogP contribution in [0.1, 0.15) is 20.8 Å². The Balaban J connectivity index is 3.38. The van der Waals surface area contributed by atoms with E-state index in [4.69, 9.17) is 0 Å². The molecule has 0 aliphatic heterocycles. The summed E-state index contributed by atoms with van der Waals surface area (Å²) in [6.07, 6.45) is 0. The van der Waals surface area contributed by atoms with Crippen LogP contribution in [0.2, 0.25) is 0 Å². The second-order valence-electron chi connectivity index (χ2n) is 2.54. The third-order valence-electron chi connectivity index (χ3n) is 1.07. The Morgan fingerprint density at radius 1 is 1.33 bits per heavy atom. The van der Waals surface area contributed by atoms with Crippen LogP contribution in [0, 0.1) is 0 Å². The van der Waals surface area contributed by atoms with Crippen molar-refractivity contribution in [2.24, 2.45) is 0 Å². The molecule has 0 heterocycles. The van der Waals surface area contributed by atoms with Crippen molar-refractivity contribution in [2.75, 3.05) is 7.05 Å². The van der Waals surface area contributed by atoms with Crippen molar-refractivity contribution in [1.29, 1.82) is 0 Å². The lowest BCUT2D eigenvalue weighted by molar-refractivity contribution is -0.851. The molecule has 2 atom stereocenters. The van der Waals surface area contributed by atoms with Crippen molar-refractivity contribution >= 4 is 12.6 Å². The molecule has 1 N–H and O–H groups in total. The normalized spacial score (nSPS) is 18.0. The Hall–Kier alpha value is 0.270. The monoisotopic (exact) mass is 148 g/mol. The summed E-state index contributed by atoms with van der Waals surface area (Å²) in [5.41, 5.74) is 4.32. The molecule has 0 spiro atoms. The average Bonchev–Trinajstić information content (AvgIpc) is 1.63.